The van der Waals surface area contributed by atoms with Crippen LogP contribution in [-0.4, -0.2) is 44.7 Å². The summed E-state index contributed by atoms with van der Waals surface area (Å²) in [7, 11) is -3.06. The van der Waals surface area contributed by atoms with Gasteiger partial charge in [-0.05, 0) is 26.8 Å². The van der Waals surface area contributed by atoms with Crippen LogP contribution in [0.5, 0.6) is 0 Å². The summed E-state index contributed by atoms with van der Waals surface area (Å²) in [5.74, 6) is 0. The van der Waals surface area contributed by atoms with Gasteiger partial charge in [0.1, 0.15) is 5.25 Å². The van der Waals surface area contributed by atoms with E-state index >= 15 is 0 Å². The van der Waals surface area contributed by atoms with Crippen molar-refractivity contribution in [3.63, 3.8) is 0 Å². The van der Waals surface area contributed by atoms with E-state index in [0.29, 0.717) is 13.2 Å². The zero-order valence-electron chi connectivity index (χ0n) is 9.69. The van der Waals surface area contributed by atoms with E-state index in [0.717, 1.165) is 13.0 Å². The van der Waals surface area contributed by atoms with E-state index in [4.69, 9.17) is 4.74 Å². The lowest BCUT2D eigenvalue weighted by atomic mass is 10.1. The van der Waals surface area contributed by atoms with Crippen LogP contribution in [0, 0.1) is 0 Å². The van der Waals surface area contributed by atoms with Gasteiger partial charge in [0.05, 0.1) is 11.9 Å². The van der Waals surface area contributed by atoms with Gasteiger partial charge < -0.3 is 10.1 Å². The van der Waals surface area contributed by atoms with E-state index in [1.54, 1.807) is 13.8 Å². The quantitative estimate of drug-likeness (QED) is 0.774. The highest BCUT2D eigenvalue weighted by molar-refractivity contribution is 7.92. The Morgan fingerprint density at radius 2 is 2.13 bits per heavy atom. The largest absolute Gasteiger partial charge is 0.380 e. The maximum atomic E-state index is 12.1. The molecular formula is C10H21NO3S. The minimum atomic E-state index is -3.06. The highest BCUT2D eigenvalue weighted by Gasteiger charge is 2.37. The van der Waals surface area contributed by atoms with Crippen molar-refractivity contribution in [3.8, 4) is 0 Å². The van der Waals surface area contributed by atoms with E-state index in [9.17, 15) is 8.42 Å². The molecule has 1 rings (SSSR count). The lowest BCUT2D eigenvalue weighted by molar-refractivity contribution is 0.0810. The SMILES string of the molecule is CCNC1CCOCC1S(=O)(=O)C(C)C. The van der Waals surface area contributed by atoms with Crippen molar-refractivity contribution in [1.29, 1.82) is 0 Å². The van der Waals surface area contributed by atoms with Gasteiger partial charge in [0, 0.05) is 12.6 Å². The van der Waals surface area contributed by atoms with Gasteiger partial charge >= 0.3 is 0 Å². The molecule has 4 nitrogen and oxygen atoms in total. The van der Waals surface area contributed by atoms with Crippen LogP contribution in [-0.2, 0) is 14.6 Å². The Bertz CT molecular complexity index is 285. The summed E-state index contributed by atoms with van der Waals surface area (Å²) in [6, 6.07) is 0.0520. The minimum absolute atomic E-state index is 0.0520. The zero-order valence-corrected chi connectivity index (χ0v) is 10.5. The molecule has 1 fully saturated rings. The first kappa shape index (κ1) is 12.9. The molecule has 0 amide bonds. The molecule has 0 aromatic rings. The molecule has 0 aromatic carbocycles. The highest BCUT2D eigenvalue weighted by atomic mass is 32.2. The van der Waals surface area contributed by atoms with Crippen molar-refractivity contribution in [3.05, 3.63) is 0 Å². The molecule has 2 atom stereocenters. The van der Waals surface area contributed by atoms with Crippen molar-refractivity contribution in [2.45, 2.75) is 43.7 Å². The first-order valence-electron chi connectivity index (χ1n) is 5.54. The number of sulfone groups is 1. The van der Waals surface area contributed by atoms with Crippen molar-refractivity contribution < 1.29 is 13.2 Å². The second kappa shape index (κ2) is 5.27. The van der Waals surface area contributed by atoms with E-state index in [1.165, 1.54) is 0 Å². The molecule has 0 aromatic heterocycles. The molecule has 2 unspecified atom stereocenters. The van der Waals surface area contributed by atoms with Crippen LogP contribution in [0.3, 0.4) is 0 Å². The second-order valence-corrected chi connectivity index (χ2v) is 6.93. The van der Waals surface area contributed by atoms with E-state index in [1.807, 2.05) is 6.92 Å². The average Bonchev–Trinajstić information content (AvgIpc) is 2.18. The van der Waals surface area contributed by atoms with Crippen molar-refractivity contribution in [2.75, 3.05) is 19.8 Å². The minimum Gasteiger partial charge on any atom is -0.380 e. The van der Waals surface area contributed by atoms with Gasteiger partial charge in [0.15, 0.2) is 9.84 Å². The fourth-order valence-electron chi connectivity index (χ4n) is 1.88. The fourth-order valence-corrected chi connectivity index (χ4v) is 3.56. The standard InChI is InChI=1S/C10H21NO3S/c1-4-11-9-5-6-14-7-10(9)15(12,13)8(2)3/h8-11H,4-7H2,1-3H3. The van der Waals surface area contributed by atoms with Gasteiger partial charge in [-0.2, -0.15) is 0 Å². The maximum Gasteiger partial charge on any atom is 0.159 e. The van der Waals surface area contributed by atoms with Crippen LogP contribution in [0.1, 0.15) is 27.2 Å². The zero-order chi connectivity index (χ0) is 11.5. The number of hydrogen-bond donors (Lipinski definition) is 1. The summed E-state index contributed by atoms with van der Waals surface area (Å²) in [6.45, 7) is 7.24. The normalized spacial score (nSPS) is 28.3. The predicted molar refractivity (Wildman–Crippen MR) is 60.7 cm³/mol. The Balaban J connectivity index is 2.80. The molecule has 0 radical (unpaired) electrons. The molecule has 0 saturated carbocycles. The summed E-state index contributed by atoms with van der Waals surface area (Å²) in [4.78, 5) is 0. The van der Waals surface area contributed by atoms with Gasteiger partial charge in [-0.15, -0.1) is 0 Å². The topological polar surface area (TPSA) is 55.4 Å². The molecule has 1 heterocycles. The Morgan fingerprint density at radius 1 is 1.47 bits per heavy atom. The molecule has 1 N–H and O–H groups in total. The van der Waals surface area contributed by atoms with Crippen LogP contribution in [0.15, 0.2) is 0 Å². The Labute approximate surface area is 92.3 Å². The average molecular weight is 235 g/mol. The summed E-state index contributed by atoms with van der Waals surface area (Å²) < 4.78 is 29.4. The molecule has 0 spiro atoms. The number of hydrogen-bond acceptors (Lipinski definition) is 4. The molecule has 0 aliphatic carbocycles. The lowest BCUT2D eigenvalue weighted by Crippen LogP contribution is -2.52. The van der Waals surface area contributed by atoms with Gasteiger partial charge in [-0.1, -0.05) is 6.92 Å². The summed E-state index contributed by atoms with van der Waals surface area (Å²) in [5, 5.41) is 2.52. The summed E-state index contributed by atoms with van der Waals surface area (Å²) in [6.07, 6.45) is 0.782. The third kappa shape index (κ3) is 2.92. The van der Waals surface area contributed by atoms with Crippen LogP contribution < -0.4 is 5.32 Å². The Kier molecular flexibility index (Phi) is 4.55. The van der Waals surface area contributed by atoms with Crippen molar-refractivity contribution in [2.24, 2.45) is 0 Å². The van der Waals surface area contributed by atoms with Crippen LogP contribution >= 0.6 is 0 Å². The fraction of sp³-hybridized carbons (Fsp3) is 1.00. The van der Waals surface area contributed by atoms with Crippen LogP contribution in [0.2, 0.25) is 0 Å². The predicted octanol–water partition coefficient (Wildman–Crippen LogP) is 0.577. The van der Waals surface area contributed by atoms with Crippen LogP contribution in [0.4, 0.5) is 0 Å². The third-order valence-electron chi connectivity index (χ3n) is 2.85. The second-order valence-electron chi connectivity index (χ2n) is 4.20. The van der Waals surface area contributed by atoms with Gasteiger partial charge in [-0.3, -0.25) is 0 Å². The molecule has 90 valence electrons. The molecule has 15 heavy (non-hydrogen) atoms. The van der Waals surface area contributed by atoms with Gasteiger partial charge in [0.25, 0.3) is 0 Å². The lowest BCUT2D eigenvalue weighted by Gasteiger charge is -2.32. The number of rotatable bonds is 4. The number of nitrogens with one attached hydrogen (secondary N) is 1. The Morgan fingerprint density at radius 3 is 2.67 bits per heavy atom. The maximum absolute atomic E-state index is 12.1. The molecule has 1 saturated heterocycles. The summed E-state index contributed by atoms with van der Waals surface area (Å²) >= 11 is 0. The van der Waals surface area contributed by atoms with E-state index < -0.39 is 9.84 Å². The molecular weight excluding hydrogens is 214 g/mol. The van der Waals surface area contributed by atoms with E-state index in [2.05, 4.69) is 5.32 Å². The first-order chi connectivity index (χ1) is 7.00. The molecule has 5 heteroatoms. The van der Waals surface area contributed by atoms with Gasteiger partial charge in [0.2, 0.25) is 0 Å². The van der Waals surface area contributed by atoms with E-state index in [-0.39, 0.29) is 16.5 Å². The van der Waals surface area contributed by atoms with Crippen molar-refractivity contribution >= 4 is 9.84 Å². The molecule has 1 aliphatic heterocycles. The third-order valence-corrected chi connectivity index (χ3v) is 5.47. The molecule has 1 aliphatic rings. The summed E-state index contributed by atoms with van der Waals surface area (Å²) in [5.41, 5.74) is 0. The highest BCUT2D eigenvalue weighted by Crippen LogP contribution is 2.19. The number of ether oxygens (including phenoxy) is 1. The van der Waals surface area contributed by atoms with Crippen LogP contribution in [0.25, 0.3) is 0 Å². The molecule has 0 bridgehead atoms. The van der Waals surface area contributed by atoms with Gasteiger partial charge in [-0.25, -0.2) is 8.42 Å². The monoisotopic (exact) mass is 235 g/mol. The Hall–Kier alpha value is -0.130. The first-order valence-corrected chi connectivity index (χ1v) is 7.15. The smallest absolute Gasteiger partial charge is 0.159 e. The van der Waals surface area contributed by atoms with Crippen molar-refractivity contribution in [1.82, 2.24) is 5.32 Å².